The van der Waals surface area contributed by atoms with Crippen LogP contribution in [-0.2, 0) is 4.79 Å². The van der Waals surface area contributed by atoms with Gasteiger partial charge in [0.1, 0.15) is 5.75 Å². The third kappa shape index (κ3) is 4.52. The lowest BCUT2D eigenvalue weighted by Crippen LogP contribution is -2.20. The summed E-state index contributed by atoms with van der Waals surface area (Å²) in [5, 5.41) is 2.87. The molecule has 5 nitrogen and oxygen atoms in total. The van der Waals surface area contributed by atoms with Crippen molar-refractivity contribution in [3.63, 3.8) is 0 Å². The van der Waals surface area contributed by atoms with Gasteiger partial charge in [0.15, 0.2) is 6.61 Å². The van der Waals surface area contributed by atoms with Crippen molar-refractivity contribution in [1.29, 1.82) is 0 Å². The van der Waals surface area contributed by atoms with Crippen LogP contribution in [-0.4, -0.2) is 22.1 Å². The van der Waals surface area contributed by atoms with Crippen molar-refractivity contribution >= 4 is 11.6 Å². The van der Waals surface area contributed by atoms with E-state index in [2.05, 4.69) is 22.4 Å². The first kappa shape index (κ1) is 18.5. The fourth-order valence-corrected chi connectivity index (χ4v) is 3.08. The van der Waals surface area contributed by atoms with Crippen LogP contribution in [0.2, 0.25) is 0 Å². The Morgan fingerprint density at radius 2 is 1.76 bits per heavy atom. The highest BCUT2D eigenvalue weighted by molar-refractivity contribution is 5.92. The van der Waals surface area contributed by atoms with Crippen molar-refractivity contribution in [3.05, 3.63) is 97.1 Å². The van der Waals surface area contributed by atoms with Crippen molar-refractivity contribution in [3.8, 4) is 22.6 Å². The van der Waals surface area contributed by atoms with Gasteiger partial charge in [0.25, 0.3) is 5.91 Å². The molecule has 0 fully saturated rings. The summed E-state index contributed by atoms with van der Waals surface area (Å²) in [4.78, 5) is 16.3. The zero-order chi connectivity index (χ0) is 20.1. The van der Waals surface area contributed by atoms with Gasteiger partial charge in [0.05, 0.1) is 6.33 Å². The van der Waals surface area contributed by atoms with Gasteiger partial charge in [-0.05, 0) is 53.9 Å². The molecular formula is C24H21N3O2. The number of carbonyl (C=O) groups excluding carboxylic acids is 1. The number of aryl methyl sites for hydroxylation is 1. The molecule has 3 aromatic carbocycles. The summed E-state index contributed by atoms with van der Waals surface area (Å²) in [6.45, 7) is 1.90. The fraction of sp³-hybridized carbons (Fsp3) is 0.0833. The van der Waals surface area contributed by atoms with Crippen LogP contribution in [0.1, 0.15) is 5.56 Å². The van der Waals surface area contributed by atoms with E-state index in [4.69, 9.17) is 4.74 Å². The number of hydrogen-bond acceptors (Lipinski definition) is 3. The molecule has 0 spiro atoms. The van der Waals surface area contributed by atoms with Crippen LogP contribution in [0.3, 0.4) is 0 Å². The van der Waals surface area contributed by atoms with E-state index in [1.54, 1.807) is 12.5 Å². The summed E-state index contributed by atoms with van der Waals surface area (Å²) in [5.41, 5.74) is 4.94. The lowest BCUT2D eigenvalue weighted by Gasteiger charge is -2.11. The van der Waals surface area contributed by atoms with Crippen molar-refractivity contribution < 1.29 is 9.53 Å². The average molecular weight is 383 g/mol. The maximum Gasteiger partial charge on any atom is 0.262 e. The summed E-state index contributed by atoms with van der Waals surface area (Å²) in [7, 11) is 0. The third-order valence-corrected chi connectivity index (χ3v) is 4.60. The van der Waals surface area contributed by atoms with Gasteiger partial charge < -0.3 is 14.6 Å². The molecule has 5 heteroatoms. The molecule has 1 aromatic heterocycles. The van der Waals surface area contributed by atoms with E-state index in [0.29, 0.717) is 5.75 Å². The number of rotatable bonds is 6. The molecule has 1 heterocycles. The highest BCUT2D eigenvalue weighted by Crippen LogP contribution is 2.22. The summed E-state index contributed by atoms with van der Waals surface area (Å²) >= 11 is 0. The fourth-order valence-electron chi connectivity index (χ4n) is 3.08. The first-order valence-electron chi connectivity index (χ1n) is 9.36. The molecule has 0 bridgehead atoms. The number of aromatic nitrogens is 2. The predicted octanol–water partition coefficient (Wildman–Crippen LogP) is 4.87. The van der Waals surface area contributed by atoms with Crippen LogP contribution in [0, 0.1) is 6.92 Å². The van der Waals surface area contributed by atoms with E-state index in [9.17, 15) is 4.79 Å². The van der Waals surface area contributed by atoms with E-state index < -0.39 is 0 Å². The Kier molecular flexibility index (Phi) is 5.38. The van der Waals surface area contributed by atoms with Crippen LogP contribution in [0.5, 0.6) is 5.75 Å². The SMILES string of the molecule is Cc1cc(-n2ccnc2)ccc1OCC(=O)Nc1ccc(-c2ccccc2)cc1. The van der Waals surface area contributed by atoms with E-state index in [0.717, 1.165) is 28.1 Å². The number of ether oxygens (including phenoxy) is 1. The lowest BCUT2D eigenvalue weighted by atomic mass is 10.1. The molecule has 0 saturated heterocycles. The maximum atomic E-state index is 12.3. The Morgan fingerprint density at radius 1 is 1.00 bits per heavy atom. The van der Waals surface area contributed by atoms with Crippen LogP contribution in [0.15, 0.2) is 91.5 Å². The molecule has 29 heavy (non-hydrogen) atoms. The number of carbonyl (C=O) groups is 1. The van der Waals surface area contributed by atoms with Crippen molar-refractivity contribution in [2.45, 2.75) is 6.92 Å². The number of anilines is 1. The first-order valence-corrected chi connectivity index (χ1v) is 9.36. The number of benzene rings is 3. The van der Waals surface area contributed by atoms with Gasteiger partial charge >= 0.3 is 0 Å². The normalized spacial score (nSPS) is 10.5. The molecule has 0 atom stereocenters. The molecule has 0 aliphatic carbocycles. The topological polar surface area (TPSA) is 56.2 Å². The second-order valence-electron chi connectivity index (χ2n) is 6.70. The standard InChI is InChI=1S/C24H21N3O2/c1-18-15-22(27-14-13-25-17-27)11-12-23(18)29-16-24(28)26-21-9-7-20(8-10-21)19-5-3-2-4-6-19/h2-15,17H,16H2,1H3,(H,26,28). The molecule has 4 aromatic rings. The number of nitrogens with zero attached hydrogens (tertiary/aromatic N) is 2. The van der Waals surface area contributed by atoms with Crippen LogP contribution >= 0.6 is 0 Å². The number of amides is 1. The van der Waals surface area contributed by atoms with Crippen LogP contribution < -0.4 is 10.1 Å². The Hall–Kier alpha value is -3.86. The number of imidazole rings is 1. The summed E-state index contributed by atoms with van der Waals surface area (Å²) in [6.07, 6.45) is 5.36. The summed E-state index contributed by atoms with van der Waals surface area (Å²) < 4.78 is 7.62. The molecule has 1 amide bonds. The molecule has 0 saturated carbocycles. The summed E-state index contributed by atoms with van der Waals surface area (Å²) in [6, 6.07) is 23.7. The van der Waals surface area contributed by atoms with Crippen molar-refractivity contribution in [1.82, 2.24) is 9.55 Å². The largest absolute Gasteiger partial charge is 0.483 e. The molecule has 0 aliphatic heterocycles. The minimum Gasteiger partial charge on any atom is -0.483 e. The van der Waals surface area contributed by atoms with Gasteiger partial charge in [0.2, 0.25) is 0 Å². The second-order valence-corrected chi connectivity index (χ2v) is 6.70. The van der Waals surface area contributed by atoms with E-state index in [-0.39, 0.29) is 12.5 Å². The Labute approximate surface area is 169 Å². The molecule has 0 unspecified atom stereocenters. The van der Waals surface area contributed by atoms with Gasteiger partial charge in [-0.3, -0.25) is 4.79 Å². The van der Waals surface area contributed by atoms with E-state index in [1.165, 1.54) is 0 Å². The van der Waals surface area contributed by atoms with Gasteiger partial charge in [-0.15, -0.1) is 0 Å². The van der Waals surface area contributed by atoms with Crippen molar-refractivity contribution in [2.24, 2.45) is 0 Å². The predicted molar refractivity (Wildman–Crippen MR) is 114 cm³/mol. The Morgan fingerprint density at radius 3 is 2.45 bits per heavy atom. The number of nitrogens with one attached hydrogen (secondary N) is 1. The molecule has 0 aliphatic rings. The molecule has 4 rings (SSSR count). The quantitative estimate of drug-likeness (QED) is 0.517. The zero-order valence-corrected chi connectivity index (χ0v) is 16.1. The highest BCUT2D eigenvalue weighted by atomic mass is 16.5. The van der Waals surface area contributed by atoms with Gasteiger partial charge in [0, 0.05) is 23.8 Å². The zero-order valence-electron chi connectivity index (χ0n) is 16.1. The average Bonchev–Trinajstić information content (AvgIpc) is 3.29. The van der Waals surface area contributed by atoms with Gasteiger partial charge in [-0.2, -0.15) is 0 Å². The number of hydrogen-bond donors (Lipinski definition) is 1. The van der Waals surface area contributed by atoms with Crippen molar-refractivity contribution in [2.75, 3.05) is 11.9 Å². The summed E-state index contributed by atoms with van der Waals surface area (Å²) in [5.74, 6) is 0.485. The Balaban J connectivity index is 1.34. The lowest BCUT2D eigenvalue weighted by molar-refractivity contribution is -0.118. The van der Waals surface area contributed by atoms with E-state index in [1.807, 2.05) is 78.4 Å². The smallest absolute Gasteiger partial charge is 0.262 e. The molecular weight excluding hydrogens is 362 g/mol. The second kappa shape index (κ2) is 8.44. The molecule has 0 radical (unpaired) electrons. The molecule has 144 valence electrons. The molecule has 1 N–H and O–H groups in total. The van der Waals surface area contributed by atoms with E-state index >= 15 is 0 Å². The minimum atomic E-state index is -0.199. The highest BCUT2D eigenvalue weighted by Gasteiger charge is 2.07. The Bertz CT molecular complexity index is 1090. The van der Waals surface area contributed by atoms with Crippen LogP contribution in [0.4, 0.5) is 5.69 Å². The van der Waals surface area contributed by atoms with Crippen LogP contribution in [0.25, 0.3) is 16.8 Å². The monoisotopic (exact) mass is 383 g/mol. The maximum absolute atomic E-state index is 12.3. The minimum absolute atomic E-state index is 0.0499. The van der Waals surface area contributed by atoms with Gasteiger partial charge in [-0.25, -0.2) is 4.98 Å². The van der Waals surface area contributed by atoms with Gasteiger partial charge in [-0.1, -0.05) is 42.5 Å². The first-order chi connectivity index (χ1) is 14.2. The third-order valence-electron chi connectivity index (χ3n) is 4.60.